The van der Waals surface area contributed by atoms with Crippen LogP contribution in [0.5, 0.6) is 5.75 Å². The summed E-state index contributed by atoms with van der Waals surface area (Å²) in [4.78, 5) is 62.0. The Morgan fingerprint density at radius 1 is 0.907 bits per heavy atom. The van der Waals surface area contributed by atoms with Crippen molar-refractivity contribution in [2.45, 2.75) is 63.3 Å². The summed E-state index contributed by atoms with van der Waals surface area (Å²) < 4.78 is 6.09. The lowest BCUT2D eigenvalue weighted by Gasteiger charge is -2.46. The summed E-state index contributed by atoms with van der Waals surface area (Å²) >= 11 is 6.16. The smallest absolute Gasteiger partial charge is 0.255 e. The van der Waals surface area contributed by atoms with Gasteiger partial charge in [-0.1, -0.05) is 29.5 Å². The van der Waals surface area contributed by atoms with Crippen molar-refractivity contribution in [3.8, 4) is 17.6 Å². The Morgan fingerprint density at radius 2 is 1.67 bits per heavy atom. The number of piperidine rings is 3. The van der Waals surface area contributed by atoms with Gasteiger partial charge in [-0.2, -0.15) is 0 Å². The number of halogens is 1. The minimum Gasteiger partial charge on any atom is -0.490 e. The highest BCUT2D eigenvalue weighted by molar-refractivity contribution is 6.33. The van der Waals surface area contributed by atoms with Crippen molar-refractivity contribution in [2.75, 3.05) is 44.2 Å². The van der Waals surface area contributed by atoms with Gasteiger partial charge >= 0.3 is 0 Å². The molecule has 8 rings (SSSR count). The van der Waals surface area contributed by atoms with Gasteiger partial charge in [-0.3, -0.25) is 29.4 Å². The molecule has 4 amide bonds. The van der Waals surface area contributed by atoms with Crippen LogP contribution in [0.15, 0.2) is 60.7 Å². The number of carbonyl (C=O) groups excluding carboxylic acids is 4. The zero-order valence-electron chi connectivity index (χ0n) is 29.9. The Balaban J connectivity index is 0.766. The molecular formula is C42H41ClN6O5. The molecule has 4 fully saturated rings. The number of fused-ring (bicyclic) bond motifs is 1. The SMILES string of the molecule is [C-]#[N+]c1ccc(OC2CCN(C(=O)c3ccc(N4CCC(N5CC(C#Cc6ccc7c(c6)CN(C6CCC(=O)NC6=O)C7=O)C5)CC4)cc3)CC2)cc1Cl. The van der Waals surface area contributed by atoms with E-state index in [0.29, 0.717) is 65.6 Å². The average Bonchev–Trinajstić information content (AvgIpc) is 3.49. The second-order valence-corrected chi connectivity index (χ2v) is 15.2. The molecule has 0 saturated carbocycles. The minimum atomic E-state index is -0.618. The number of nitrogens with one attached hydrogen (secondary N) is 1. The maximum absolute atomic E-state index is 13.3. The first-order valence-corrected chi connectivity index (χ1v) is 19.1. The van der Waals surface area contributed by atoms with E-state index in [4.69, 9.17) is 22.9 Å². The Hall–Kier alpha value is -5.36. The molecule has 0 aromatic heterocycles. The Morgan fingerprint density at radius 3 is 2.37 bits per heavy atom. The van der Waals surface area contributed by atoms with Crippen molar-refractivity contribution >= 4 is 46.6 Å². The number of benzene rings is 3. The zero-order chi connectivity index (χ0) is 37.3. The van der Waals surface area contributed by atoms with E-state index in [1.807, 2.05) is 29.2 Å². The number of imide groups is 1. The first-order valence-electron chi connectivity index (χ1n) is 18.7. The first-order chi connectivity index (χ1) is 26.2. The highest BCUT2D eigenvalue weighted by atomic mass is 35.5. The van der Waals surface area contributed by atoms with E-state index in [2.05, 4.69) is 43.9 Å². The Labute approximate surface area is 320 Å². The molecule has 11 nitrogen and oxygen atoms in total. The fourth-order valence-electron chi connectivity index (χ4n) is 8.25. The molecule has 276 valence electrons. The highest BCUT2D eigenvalue weighted by Crippen LogP contribution is 2.32. The van der Waals surface area contributed by atoms with Crippen LogP contribution in [0.3, 0.4) is 0 Å². The van der Waals surface area contributed by atoms with Crippen LogP contribution in [0.1, 0.15) is 70.4 Å². The van der Waals surface area contributed by atoms with Gasteiger partial charge in [0.05, 0.1) is 11.6 Å². The van der Waals surface area contributed by atoms with Crippen molar-refractivity contribution < 1.29 is 23.9 Å². The van der Waals surface area contributed by atoms with Crippen LogP contribution in [-0.2, 0) is 16.1 Å². The third kappa shape index (κ3) is 7.39. The standard InChI is InChI=1S/C42H41ClN6O5/c1-44-37-11-9-34(23-36(37)43)54-33-16-20-47(21-17-33)41(52)29-5-7-31(8-6-29)46-18-14-32(15-19-46)48-24-28(25-48)3-2-27-4-10-35-30(22-27)26-49(42(35)53)38-12-13-39(50)45-40(38)51/h4-11,22-23,28,32-33,38H,12-21,24-26H2,(H,45,50,51). The van der Waals surface area contributed by atoms with Gasteiger partial charge in [0.2, 0.25) is 17.5 Å². The van der Waals surface area contributed by atoms with E-state index >= 15 is 0 Å². The number of likely N-dealkylation sites (tertiary alicyclic amines) is 2. The largest absolute Gasteiger partial charge is 0.490 e. The maximum atomic E-state index is 13.3. The molecule has 5 heterocycles. The maximum Gasteiger partial charge on any atom is 0.255 e. The number of ether oxygens (including phenoxy) is 1. The third-order valence-electron chi connectivity index (χ3n) is 11.4. The zero-order valence-corrected chi connectivity index (χ0v) is 30.7. The van der Waals surface area contributed by atoms with Gasteiger partial charge in [0, 0.05) is 99.4 Å². The van der Waals surface area contributed by atoms with Crippen LogP contribution in [0.4, 0.5) is 11.4 Å². The van der Waals surface area contributed by atoms with E-state index in [1.54, 1.807) is 29.2 Å². The highest BCUT2D eigenvalue weighted by Gasteiger charge is 2.39. The predicted octanol–water partition coefficient (Wildman–Crippen LogP) is 5.29. The van der Waals surface area contributed by atoms with E-state index in [9.17, 15) is 19.2 Å². The van der Waals surface area contributed by atoms with Crippen molar-refractivity contribution in [1.82, 2.24) is 20.0 Å². The second kappa shape index (κ2) is 15.2. The molecule has 0 radical (unpaired) electrons. The molecule has 1 unspecified atom stereocenters. The van der Waals surface area contributed by atoms with Crippen LogP contribution in [-0.4, -0.2) is 95.8 Å². The number of hydrogen-bond acceptors (Lipinski definition) is 7. The summed E-state index contributed by atoms with van der Waals surface area (Å²) in [6.45, 7) is 12.6. The van der Waals surface area contributed by atoms with Crippen molar-refractivity contribution in [3.63, 3.8) is 0 Å². The molecular weight excluding hydrogens is 704 g/mol. The normalized spacial score (nSPS) is 21.1. The molecule has 0 spiro atoms. The summed E-state index contributed by atoms with van der Waals surface area (Å²) in [5, 5.41) is 2.73. The lowest BCUT2D eigenvalue weighted by Crippen LogP contribution is -2.54. The summed E-state index contributed by atoms with van der Waals surface area (Å²) in [7, 11) is 0. The molecule has 5 aliphatic heterocycles. The summed E-state index contributed by atoms with van der Waals surface area (Å²) in [6.07, 6.45) is 4.21. The molecule has 0 bridgehead atoms. The molecule has 1 atom stereocenters. The fraction of sp³-hybridized carbons (Fsp3) is 0.405. The van der Waals surface area contributed by atoms with Crippen LogP contribution >= 0.6 is 11.6 Å². The van der Waals surface area contributed by atoms with Crippen molar-refractivity contribution in [2.24, 2.45) is 5.92 Å². The van der Waals surface area contributed by atoms with Gasteiger partial charge < -0.3 is 19.4 Å². The van der Waals surface area contributed by atoms with E-state index < -0.39 is 11.9 Å². The number of anilines is 1. The molecule has 12 heteroatoms. The number of nitrogens with zero attached hydrogens (tertiary/aromatic N) is 5. The van der Waals surface area contributed by atoms with Gasteiger partial charge in [-0.25, -0.2) is 4.85 Å². The van der Waals surface area contributed by atoms with Gasteiger partial charge in [-0.15, -0.1) is 0 Å². The molecule has 3 aromatic carbocycles. The van der Waals surface area contributed by atoms with Gasteiger partial charge in [0.25, 0.3) is 11.8 Å². The van der Waals surface area contributed by atoms with Gasteiger partial charge in [0.15, 0.2) is 0 Å². The van der Waals surface area contributed by atoms with Crippen LogP contribution in [0, 0.1) is 24.3 Å². The quantitative estimate of drug-likeness (QED) is 0.208. The van der Waals surface area contributed by atoms with Crippen LogP contribution < -0.4 is 15.0 Å². The average molecular weight is 745 g/mol. The lowest BCUT2D eigenvalue weighted by molar-refractivity contribution is -0.136. The summed E-state index contributed by atoms with van der Waals surface area (Å²) in [6, 6.07) is 18.7. The molecule has 54 heavy (non-hydrogen) atoms. The molecule has 4 saturated heterocycles. The number of hydrogen-bond donors (Lipinski definition) is 1. The topological polar surface area (TPSA) is 107 Å². The Kier molecular flexibility index (Phi) is 10.0. The summed E-state index contributed by atoms with van der Waals surface area (Å²) in [5.41, 5.74) is 4.59. The molecule has 5 aliphatic rings. The van der Waals surface area contributed by atoms with E-state index in [-0.39, 0.29) is 30.2 Å². The lowest BCUT2D eigenvalue weighted by atomic mass is 9.93. The Bertz CT molecular complexity index is 2080. The fourth-order valence-corrected chi connectivity index (χ4v) is 8.46. The third-order valence-corrected chi connectivity index (χ3v) is 11.7. The second-order valence-electron chi connectivity index (χ2n) is 14.8. The summed E-state index contributed by atoms with van der Waals surface area (Å²) in [5.74, 6) is 6.88. The van der Waals surface area contributed by atoms with Crippen LogP contribution in [0.2, 0.25) is 5.02 Å². The number of carbonyl (C=O) groups is 4. The predicted molar refractivity (Wildman–Crippen MR) is 203 cm³/mol. The number of rotatable bonds is 6. The minimum absolute atomic E-state index is 0.00301. The van der Waals surface area contributed by atoms with E-state index in [1.165, 1.54) is 0 Å². The monoisotopic (exact) mass is 744 g/mol. The number of amides is 4. The molecule has 3 aromatic rings. The van der Waals surface area contributed by atoms with E-state index in [0.717, 1.165) is 68.7 Å². The molecule has 1 N–H and O–H groups in total. The van der Waals surface area contributed by atoms with Crippen molar-refractivity contribution in [3.05, 3.63) is 99.4 Å². The van der Waals surface area contributed by atoms with Gasteiger partial charge in [0.1, 0.15) is 17.9 Å². The van der Waals surface area contributed by atoms with Crippen LogP contribution in [0.25, 0.3) is 4.85 Å². The first kappa shape index (κ1) is 35.7. The molecule has 0 aliphatic carbocycles. The van der Waals surface area contributed by atoms with Crippen molar-refractivity contribution in [1.29, 1.82) is 0 Å². The van der Waals surface area contributed by atoms with Gasteiger partial charge in [-0.05, 0) is 79.4 Å².